The first-order valence-electron chi connectivity index (χ1n) is 5.66. The molecule has 0 unspecified atom stereocenters. The van der Waals surface area contributed by atoms with Gasteiger partial charge in [-0.2, -0.15) is 0 Å². The van der Waals surface area contributed by atoms with Gasteiger partial charge in [-0.15, -0.1) is 0 Å². The van der Waals surface area contributed by atoms with Crippen molar-refractivity contribution in [3.05, 3.63) is 57.0 Å². The first kappa shape index (κ1) is 15.0. The average Bonchev–Trinajstić information content (AvgIpc) is 2.38. The first-order chi connectivity index (χ1) is 9.11. The molecule has 100 valence electrons. The number of rotatable bonds is 4. The number of halogens is 3. The minimum Gasteiger partial charge on any atom is -0.316 e. The Morgan fingerprint density at radius 2 is 1.79 bits per heavy atom. The second kappa shape index (κ2) is 6.87. The van der Waals surface area contributed by atoms with E-state index in [4.69, 9.17) is 34.8 Å². The maximum atomic E-state index is 6.23. The zero-order chi connectivity index (χ0) is 13.8. The molecule has 0 aliphatic rings. The normalized spacial score (nSPS) is 10.7. The van der Waals surface area contributed by atoms with E-state index in [0.717, 1.165) is 26.9 Å². The van der Waals surface area contributed by atoms with Crippen LogP contribution in [0.25, 0.3) is 0 Å². The van der Waals surface area contributed by atoms with E-state index in [1.54, 1.807) is 17.8 Å². The molecule has 0 amide bonds. The Labute approximate surface area is 132 Å². The van der Waals surface area contributed by atoms with E-state index in [1.165, 1.54) is 0 Å². The van der Waals surface area contributed by atoms with Gasteiger partial charge in [0, 0.05) is 21.4 Å². The lowest BCUT2D eigenvalue weighted by atomic mass is 10.2. The second-order valence-corrected chi connectivity index (χ2v) is 6.26. The summed E-state index contributed by atoms with van der Waals surface area (Å²) in [5.41, 5.74) is 1.09. The molecule has 0 atom stereocenters. The average molecular weight is 333 g/mol. The van der Waals surface area contributed by atoms with Gasteiger partial charge in [0.05, 0.1) is 10.0 Å². The SMILES string of the molecule is CNCc1c(Cl)cccc1Sc1ccc(Cl)c(Cl)c1. The number of hydrogen-bond acceptors (Lipinski definition) is 2. The lowest BCUT2D eigenvalue weighted by molar-refractivity contribution is 0.803. The van der Waals surface area contributed by atoms with Gasteiger partial charge in [-0.3, -0.25) is 0 Å². The number of benzene rings is 2. The molecular formula is C14H12Cl3NS. The zero-order valence-corrected chi connectivity index (χ0v) is 13.3. The van der Waals surface area contributed by atoms with E-state index in [0.29, 0.717) is 10.0 Å². The van der Waals surface area contributed by atoms with E-state index in [1.807, 2.05) is 37.4 Å². The lowest BCUT2D eigenvalue weighted by Crippen LogP contribution is -2.06. The van der Waals surface area contributed by atoms with Crippen molar-refractivity contribution in [3.63, 3.8) is 0 Å². The Bertz CT molecular complexity index is 587. The van der Waals surface area contributed by atoms with Crippen molar-refractivity contribution >= 4 is 46.6 Å². The molecule has 0 heterocycles. The largest absolute Gasteiger partial charge is 0.316 e. The molecule has 0 saturated carbocycles. The van der Waals surface area contributed by atoms with Crippen LogP contribution in [0.2, 0.25) is 15.1 Å². The summed E-state index contributed by atoms with van der Waals surface area (Å²) in [4.78, 5) is 2.15. The topological polar surface area (TPSA) is 12.0 Å². The molecule has 1 nitrogen and oxygen atoms in total. The van der Waals surface area contributed by atoms with Crippen molar-refractivity contribution in [2.75, 3.05) is 7.05 Å². The van der Waals surface area contributed by atoms with Crippen molar-refractivity contribution in [2.24, 2.45) is 0 Å². The highest BCUT2D eigenvalue weighted by molar-refractivity contribution is 7.99. The Kier molecular flexibility index (Phi) is 5.43. The van der Waals surface area contributed by atoms with Gasteiger partial charge in [0.15, 0.2) is 0 Å². The minimum absolute atomic E-state index is 0.559. The Hall–Kier alpha value is -0.380. The predicted octanol–water partition coefficient (Wildman–Crippen LogP) is 5.52. The van der Waals surface area contributed by atoms with Crippen molar-refractivity contribution < 1.29 is 0 Å². The summed E-state index contributed by atoms with van der Waals surface area (Å²) in [5, 5.41) is 5.01. The summed E-state index contributed by atoms with van der Waals surface area (Å²) in [5.74, 6) is 0. The third-order valence-electron chi connectivity index (χ3n) is 2.55. The molecular weight excluding hydrogens is 321 g/mol. The third kappa shape index (κ3) is 3.80. The molecule has 2 aromatic carbocycles. The third-order valence-corrected chi connectivity index (χ3v) is 4.73. The highest BCUT2D eigenvalue weighted by Gasteiger charge is 2.08. The van der Waals surface area contributed by atoms with E-state index in [-0.39, 0.29) is 0 Å². The minimum atomic E-state index is 0.559. The van der Waals surface area contributed by atoms with Gasteiger partial charge >= 0.3 is 0 Å². The van der Waals surface area contributed by atoms with Crippen LogP contribution < -0.4 is 5.32 Å². The molecule has 0 aromatic heterocycles. The quantitative estimate of drug-likeness (QED) is 0.791. The van der Waals surface area contributed by atoms with E-state index >= 15 is 0 Å². The second-order valence-electron chi connectivity index (χ2n) is 3.92. The maximum absolute atomic E-state index is 6.23. The summed E-state index contributed by atoms with van der Waals surface area (Å²) in [6, 6.07) is 11.5. The fourth-order valence-corrected chi connectivity index (χ4v) is 3.33. The van der Waals surface area contributed by atoms with Crippen LogP contribution in [-0.2, 0) is 6.54 Å². The summed E-state index contributed by atoms with van der Waals surface area (Å²) < 4.78 is 0. The molecule has 0 radical (unpaired) electrons. The molecule has 1 N–H and O–H groups in total. The molecule has 19 heavy (non-hydrogen) atoms. The molecule has 0 bridgehead atoms. The van der Waals surface area contributed by atoms with Crippen LogP contribution in [0.4, 0.5) is 0 Å². The number of nitrogens with one attached hydrogen (secondary N) is 1. The Balaban J connectivity index is 2.32. The molecule has 2 rings (SSSR count). The summed E-state index contributed by atoms with van der Waals surface area (Å²) in [6.45, 7) is 0.726. The van der Waals surface area contributed by atoms with Gasteiger partial charge in [-0.25, -0.2) is 0 Å². The van der Waals surface area contributed by atoms with Crippen molar-refractivity contribution in [1.29, 1.82) is 0 Å². The molecule has 0 fully saturated rings. The molecule has 0 saturated heterocycles. The zero-order valence-electron chi connectivity index (χ0n) is 10.2. The number of hydrogen-bond donors (Lipinski definition) is 1. The highest BCUT2D eigenvalue weighted by Crippen LogP contribution is 2.36. The monoisotopic (exact) mass is 331 g/mol. The van der Waals surface area contributed by atoms with E-state index in [9.17, 15) is 0 Å². The van der Waals surface area contributed by atoms with Crippen LogP contribution >= 0.6 is 46.6 Å². The van der Waals surface area contributed by atoms with Gasteiger partial charge in [0.25, 0.3) is 0 Å². The molecule has 0 aliphatic carbocycles. The van der Waals surface area contributed by atoms with Crippen LogP contribution in [0.5, 0.6) is 0 Å². The van der Waals surface area contributed by atoms with E-state index in [2.05, 4.69) is 5.32 Å². The van der Waals surface area contributed by atoms with Crippen LogP contribution in [0.1, 0.15) is 5.56 Å². The van der Waals surface area contributed by atoms with Crippen molar-refractivity contribution in [3.8, 4) is 0 Å². The summed E-state index contributed by atoms with van der Waals surface area (Å²) >= 11 is 19.8. The molecule has 2 aromatic rings. The fourth-order valence-electron chi connectivity index (χ4n) is 1.65. The fraction of sp³-hybridized carbons (Fsp3) is 0.143. The smallest absolute Gasteiger partial charge is 0.0603 e. The van der Waals surface area contributed by atoms with Crippen molar-refractivity contribution in [1.82, 2.24) is 5.32 Å². The van der Waals surface area contributed by atoms with Crippen LogP contribution in [0.15, 0.2) is 46.2 Å². The maximum Gasteiger partial charge on any atom is 0.0603 e. The van der Waals surface area contributed by atoms with E-state index < -0.39 is 0 Å². The lowest BCUT2D eigenvalue weighted by Gasteiger charge is -2.11. The van der Waals surface area contributed by atoms with Gasteiger partial charge in [0.1, 0.15) is 0 Å². The Morgan fingerprint density at radius 3 is 2.47 bits per heavy atom. The van der Waals surface area contributed by atoms with Gasteiger partial charge < -0.3 is 5.32 Å². The summed E-state index contributed by atoms with van der Waals surface area (Å²) in [7, 11) is 1.90. The van der Waals surface area contributed by atoms with Crippen LogP contribution in [0.3, 0.4) is 0 Å². The van der Waals surface area contributed by atoms with Crippen LogP contribution in [-0.4, -0.2) is 7.05 Å². The Morgan fingerprint density at radius 1 is 1.00 bits per heavy atom. The standard InChI is InChI=1S/C14H12Cl3NS/c1-18-8-10-11(15)3-2-4-14(10)19-9-5-6-12(16)13(17)7-9/h2-7,18H,8H2,1H3. The molecule has 5 heteroatoms. The predicted molar refractivity (Wildman–Crippen MR) is 84.8 cm³/mol. The van der Waals surface area contributed by atoms with Crippen molar-refractivity contribution in [2.45, 2.75) is 16.3 Å². The first-order valence-corrected chi connectivity index (χ1v) is 7.61. The molecule has 0 aliphatic heterocycles. The summed E-state index contributed by atoms with van der Waals surface area (Å²) in [6.07, 6.45) is 0. The van der Waals surface area contributed by atoms with Gasteiger partial charge in [-0.1, -0.05) is 52.6 Å². The van der Waals surface area contributed by atoms with Gasteiger partial charge in [0.2, 0.25) is 0 Å². The highest BCUT2D eigenvalue weighted by atomic mass is 35.5. The molecule has 0 spiro atoms. The van der Waals surface area contributed by atoms with Gasteiger partial charge in [-0.05, 0) is 42.9 Å². The van der Waals surface area contributed by atoms with Crippen LogP contribution in [0, 0.1) is 0 Å².